The maximum Gasteiger partial charge on any atom is 0.222 e. The molecular weight excluding hydrogens is 392 g/mol. The number of rotatable bonds is 8. The van der Waals surface area contributed by atoms with Gasteiger partial charge in [-0.2, -0.15) is 0 Å². The predicted octanol–water partition coefficient (Wildman–Crippen LogP) is 4.78. The second-order valence-corrected chi connectivity index (χ2v) is 9.84. The third-order valence-corrected chi connectivity index (χ3v) is 5.31. The average Bonchev–Trinajstić information content (AvgIpc) is 2.73. The molecule has 2 aliphatic carbocycles. The van der Waals surface area contributed by atoms with Gasteiger partial charge in [-0.1, -0.05) is 53.9 Å². The first kappa shape index (κ1) is 29.6. The number of hydrogen-bond acceptors (Lipinski definition) is 4. The van der Waals surface area contributed by atoms with E-state index in [-0.39, 0.29) is 23.8 Å². The van der Waals surface area contributed by atoms with Gasteiger partial charge in [0, 0.05) is 30.9 Å². The number of ether oxygens (including phenoxy) is 1. The largest absolute Gasteiger partial charge is 0.378 e. The zero-order valence-corrected chi connectivity index (χ0v) is 20.7. The Bertz CT molecular complexity index is 477. The molecule has 0 saturated heterocycles. The number of aldehydes is 1. The summed E-state index contributed by atoms with van der Waals surface area (Å²) in [5.41, 5.74) is 5.07. The van der Waals surface area contributed by atoms with Gasteiger partial charge in [-0.25, -0.2) is 0 Å². The molecule has 2 amide bonds. The highest BCUT2D eigenvalue weighted by Gasteiger charge is 2.23. The van der Waals surface area contributed by atoms with Crippen molar-refractivity contribution in [3.05, 3.63) is 0 Å². The van der Waals surface area contributed by atoms with Crippen LogP contribution in [0.5, 0.6) is 0 Å². The Morgan fingerprint density at radius 2 is 1.52 bits per heavy atom. The predicted molar refractivity (Wildman–Crippen MR) is 127 cm³/mol. The highest BCUT2D eigenvalue weighted by molar-refractivity contribution is 5.78. The van der Waals surface area contributed by atoms with Crippen molar-refractivity contribution in [3.8, 4) is 0 Å². The smallest absolute Gasteiger partial charge is 0.222 e. The number of primary amides is 1. The van der Waals surface area contributed by atoms with Crippen molar-refractivity contribution in [1.29, 1.82) is 0 Å². The highest BCUT2D eigenvalue weighted by atomic mass is 16.5. The fraction of sp³-hybridized carbons (Fsp3) is 0.880. The number of hydrogen-bond donors (Lipinski definition) is 2. The molecular formula is C25H48N2O4. The third kappa shape index (κ3) is 17.9. The first-order valence-electron chi connectivity index (χ1n) is 12.3. The van der Waals surface area contributed by atoms with Gasteiger partial charge in [-0.15, -0.1) is 0 Å². The van der Waals surface area contributed by atoms with Gasteiger partial charge in [-0.05, 0) is 50.9 Å². The van der Waals surface area contributed by atoms with E-state index >= 15 is 0 Å². The van der Waals surface area contributed by atoms with Crippen LogP contribution in [0.2, 0.25) is 0 Å². The summed E-state index contributed by atoms with van der Waals surface area (Å²) in [5, 5.41) is 3.07. The molecule has 2 aliphatic rings. The van der Waals surface area contributed by atoms with Gasteiger partial charge in [0.05, 0.1) is 6.10 Å². The summed E-state index contributed by atoms with van der Waals surface area (Å²) in [4.78, 5) is 32.3. The highest BCUT2D eigenvalue weighted by Crippen LogP contribution is 2.22. The molecule has 0 aromatic carbocycles. The van der Waals surface area contributed by atoms with E-state index in [2.05, 4.69) is 26.1 Å². The Labute approximate surface area is 190 Å². The fourth-order valence-electron chi connectivity index (χ4n) is 3.51. The molecule has 0 spiro atoms. The number of nitrogens with two attached hydrogens (primary N) is 1. The zero-order chi connectivity index (χ0) is 23.6. The van der Waals surface area contributed by atoms with E-state index < -0.39 is 0 Å². The summed E-state index contributed by atoms with van der Waals surface area (Å²) in [7, 11) is 0. The fourth-order valence-corrected chi connectivity index (χ4v) is 3.51. The summed E-state index contributed by atoms with van der Waals surface area (Å²) >= 11 is 0. The van der Waals surface area contributed by atoms with Gasteiger partial charge in [-0.3, -0.25) is 9.59 Å². The third-order valence-electron chi connectivity index (χ3n) is 5.31. The Balaban J connectivity index is 0.000000613. The molecule has 0 radical (unpaired) electrons. The van der Waals surface area contributed by atoms with Gasteiger partial charge >= 0.3 is 0 Å². The van der Waals surface area contributed by atoms with Crippen LogP contribution in [0.25, 0.3) is 0 Å². The standard InChI is InChI=1S/C14H26N2O3.C7H12O.C4H10/c1-10(2)14(18)16-11-5-7-12(8-6-11)19-9-3-4-13(15)17;8-6-7-4-2-1-3-5-7;1-4(2)3/h10-12H,3-9H2,1-2H3,(H2,15,17)(H,16,18);6-7H,1-5H2;4H,1-3H3. The second-order valence-electron chi connectivity index (χ2n) is 9.84. The molecule has 0 heterocycles. The van der Waals surface area contributed by atoms with Crippen LogP contribution in [-0.4, -0.2) is 36.9 Å². The summed E-state index contributed by atoms with van der Waals surface area (Å²) in [6, 6.07) is 0.292. The van der Waals surface area contributed by atoms with Gasteiger partial charge in [0.1, 0.15) is 6.29 Å². The molecule has 6 heteroatoms. The zero-order valence-electron chi connectivity index (χ0n) is 20.7. The van der Waals surface area contributed by atoms with Gasteiger partial charge < -0.3 is 20.6 Å². The summed E-state index contributed by atoms with van der Waals surface area (Å²) in [6.45, 7) is 10.9. The van der Waals surface area contributed by atoms with Gasteiger partial charge in [0.2, 0.25) is 11.8 Å². The summed E-state index contributed by atoms with van der Waals surface area (Å²) in [5.74, 6) is 1.14. The van der Waals surface area contributed by atoms with E-state index in [1.165, 1.54) is 19.3 Å². The minimum Gasteiger partial charge on any atom is -0.378 e. The van der Waals surface area contributed by atoms with Crippen molar-refractivity contribution in [1.82, 2.24) is 5.32 Å². The minimum absolute atomic E-state index is 0.0442. The van der Waals surface area contributed by atoms with Crippen molar-refractivity contribution >= 4 is 18.1 Å². The van der Waals surface area contributed by atoms with Crippen LogP contribution < -0.4 is 11.1 Å². The van der Waals surface area contributed by atoms with Crippen LogP contribution in [0.3, 0.4) is 0 Å². The topological polar surface area (TPSA) is 98.5 Å². The Morgan fingerprint density at radius 3 is 1.94 bits per heavy atom. The van der Waals surface area contributed by atoms with Crippen LogP contribution in [0.1, 0.15) is 105 Å². The van der Waals surface area contributed by atoms with E-state index in [9.17, 15) is 14.4 Å². The normalized spacial score (nSPS) is 21.4. The first-order valence-corrected chi connectivity index (χ1v) is 12.3. The van der Waals surface area contributed by atoms with E-state index in [0.717, 1.165) is 50.7 Å². The molecule has 6 nitrogen and oxygen atoms in total. The number of nitrogens with one attached hydrogen (secondary N) is 1. The van der Waals surface area contributed by atoms with Crippen LogP contribution in [0, 0.1) is 17.8 Å². The lowest BCUT2D eigenvalue weighted by Crippen LogP contribution is -2.40. The SMILES string of the molecule is CC(C)C.CC(C)C(=O)NC1CCC(OCCCC(N)=O)CC1.O=CC1CCCCC1. The molecule has 182 valence electrons. The maximum atomic E-state index is 11.6. The van der Waals surface area contributed by atoms with Crippen molar-refractivity contribution in [2.45, 2.75) is 117 Å². The van der Waals surface area contributed by atoms with Crippen molar-refractivity contribution in [2.24, 2.45) is 23.5 Å². The molecule has 2 saturated carbocycles. The molecule has 0 unspecified atom stereocenters. The lowest BCUT2D eigenvalue weighted by molar-refractivity contribution is -0.125. The van der Waals surface area contributed by atoms with Crippen LogP contribution in [-0.2, 0) is 19.1 Å². The lowest BCUT2D eigenvalue weighted by atomic mass is 9.91. The van der Waals surface area contributed by atoms with Crippen molar-refractivity contribution in [2.75, 3.05) is 6.61 Å². The van der Waals surface area contributed by atoms with Crippen LogP contribution in [0.4, 0.5) is 0 Å². The summed E-state index contributed by atoms with van der Waals surface area (Å²) < 4.78 is 5.71. The lowest BCUT2D eigenvalue weighted by Gasteiger charge is -2.29. The van der Waals surface area contributed by atoms with E-state index in [1.807, 2.05) is 13.8 Å². The Kier molecular flexibility index (Phi) is 17.3. The van der Waals surface area contributed by atoms with Crippen LogP contribution >= 0.6 is 0 Å². The van der Waals surface area contributed by atoms with Gasteiger partial charge in [0.25, 0.3) is 0 Å². The Morgan fingerprint density at radius 1 is 0.968 bits per heavy atom. The van der Waals surface area contributed by atoms with Crippen molar-refractivity contribution < 1.29 is 19.1 Å². The van der Waals surface area contributed by atoms with E-state index in [0.29, 0.717) is 31.4 Å². The molecule has 3 N–H and O–H groups in total. The van der Waals surface area contributed by atoms with Crippen molar-refractivity contribution in [3.63, 3.8) is 0 Å². The second kappa shape index (κ2) is 18.2. The number of carbonyl (C=O) groups is 3. The molecule has 0 bridgehead atoms. The molecule has 2 rings (SSSR count). The maximum absolute atomic E-state index is 11.6. The minimum atomic E-state index is -0.274. The molecule has 0 aromatic heterocycles. The first-order chi connectivity index (χ1) is 14.6. The molecule has 31 heavy (non-hydrogen) atoms. The summed E-state index contributed by atoms with van der Waals surface area (Å²) in [6.07, 6.45) is 12.5. The molecule has 0 atom stereocenters. The van der Waals surface area contributed by atoms with Gasteiger partial charge in [0.15, 0.2) is 0 Å². The average molecular weight is 441 g/mol. The molecule has 0 aromatic rings. The molecule has 0 aliphatic heterocycles. The Hall–Kier alpha value is -1.43. The van der Waals surface area contributed by atoms with E-state index in [1.54, 1.807) is 0 Å². The quantitative estimate of drug-likeness (QED) is 0.419. The van der Waals surface area contributed by atoms with E-state index in [4.69, 9.17) is 10.5 Å². The molecule has 2 fully saturated rings. The van der Waals surface area contributed by atoms with Crippen LogP contribution in [0.15, 0.2) is 0 Å². The monoisotopic (exact) mass is 440 g/mol. The number of carbonyl (C=O) groups excluding carboxylic acids is 3. The number of amides is 2.